The summed E-state index contributed by atoms with van der Waals surface area (Å²) in [4.78, 5) is 13.0. The minimum atomic E-state index is -0.113. The highest BCUT2D eigenvalue weighted by Crippen LogP contribution is 2.28. The minimum Gasteiger partial charge on any atom is -0.351 e. The maximum Gasteiger partial charge on any atom is 0.228 e. The van der Waals surface area contributed by atoms with Crippen molar-refractivity contribution in [2.75, 3.05) is 13.1 Å². The molecule has 2 N–H and O–H groups in total. The number of carbonyl (C=O) groups excluding carboxylic acids is 1. The smallest absolute Gasteiger partial charge is 0.228 e. The highest BCUT2D eigenvalue weighted by atomic mass is 35.5. The molecule has 0 spiro atoms. The van der Waals surface area contributed by atoms with Crippen LogP contribution in [0.1, 0.15) is 24.1 Å². The number of hydrogen-bond donors (Lipinski definition) is 2. The first-order valence-electron chi connectivity index (χ1n) is 5.43. The van der Waals surface area contributed by atoms with Crippen molar-refractivity contribution in [2.45, 2.75) is 25.3 Å². The Balaban J connectivity index is 1.93. The van der Waals surface area contributed by atoms with Gasteiger partial charge in [-0.3, -0.25) is 4.79 Å². The number of thiophene rings is 1. The van der Waals surface area contributed by atoms with Crippen LogP contribution in [0.15, 0.2) is 12.1 Å². The van der Waals surface area contributed by atoms with E-state index in [1.807, 2.05) is 19.1 Å². The van der Waals surface area contributed by atoms with Crippen LogP contribution in [0.2, 0.25) is 4.34 Å². The van der Waals surface area contributed by atoms with Crippen LogP contribution in [-0.4, -0.2) is 25.0 Å². The minimum absolute atomic E-state index is 0.0900. The van der Waals surface area contributed by atoms with Crippen LogP contribution in [0.4, 0.5) is 0 Å². The average Bonchev–Trinajstić information content (AvgIpc) is 2.88. The van der Waals surface area contributed by atoms with Gasteiger partial charge in [-0.1, -0.05) is 11.6 Å². The molecular weight excluding hydrogens is 244 g/mol. The summed E-state index contributed by atoms with van der Waals surface area (Å²) in [5.74, 6) is -0.0229. The standard InChI is InChI=1S/C11H15ClN2OS/c1-7(9-2-3-10(12)16-9)11(15)14-8-4-5-13-6-8/h2-3,7-8,13H,4-6H2,1H3,(H,14,15). The SMILES string of the molecule is CC(C(=O)NC1CCNC1)c1ccc(Cl)s1. The summed E-state index contributed by atoms with van der Waals surface area (Å²) in [5, 5.41) is 6.28. The lowest BCUT2D eigenvalue weighted by Gasteiger charge is -2.15. The zero-order valence-electron chi connectivity index (χ0n) is 9.13. The summed E-state index contributed by atoms with van der Waals surface area (Å²) in [6, 6.07) is 4.04. The Morgan fingerprint density at radius 1 is 1.69 bits per heavy atom. The van der Waals surface area contributed by atoms with Crippen molar-refractivity contribution in [3.05, 3.63) is 21.3 Å². The number of carbonyl (C=O) groups is 1. The molecule has 2 heterocycles. The van der Waals surface area contributed by atoms with Gasteiger partial charge in [-0.25, -0.2) is 0 Å². The molecule has 0 aliphatic carbocycles. The van der Waals surface area contributed by atoms with Gasteiger partial charge in [0.2, 0.25) is 5.91 Å². The molecule has 1 fully saturated rings. The molecule has 0 saturated carbocycles. The Morgan fingerprint density at radius 2 is 2.50 bits per heavy atom. The predicted molar refractivity (Wildman–Crippen MR) is 67.2 cm³/mol. The zero-order chi connectivity index (χ0) is 11.5. The van der Waals surface area contributed by atoms with E-state index >= 15 is 0 Å². The zero-order valence-corrected chi connectivity index (χ0v) is 10.7. The molecule has 0 aromatic carbocycles. The number of halogens is 1. The van der Waals surface area contributed by atoms with Gasteiger partial charge in [0, 0.05) is 17.5 Å². The quantitative estimate of drug-likeness (QED) is 0.871. The van der Waals surface area contributed by atoms with Crippen molar-refractivity contribution in [1.29, 1.82) is 0 Å². The molecule has 2 atom stereocenters. The molecule has 1 amide bonds. The molecule has 88 valence electrons. The van der Waals surface area contributed by atoms with Gasteiger partial charge in [0.25, 0.3) is 0 Å². The summed E-state index contributed by atoms with van der Waals surface area (Å²) >= 11 is 7.33. The second-order valence-electron chi connectivity index (χ2n) is 4.06. The first kappa shape index (κ1) is 11.9. The normalized spacial score (nSPS) is 22.0. The van der Waals surface area contributed by atoms with Crippen LogP contribution in [0.25, 0.3) is 0 Å². The van der Waals surface area contributed by atoms with E-state index < -0.39 is 0 Å². The molecule has 0 bridgehead atoms. The Morgan fingerprint density at radius 3 is 3.06 bits per heavy atom. The Hall–Kier alpha value is -0.580. The Kier molecular flexibility index (Phi) is 3.84. The number of amides is 1. The van der Waals surface area contributed by atoms with Gasteiger partial charge in [0.1, 0.15) is 0 Å². The molecule has 3 nitrogen and oxygen atoms in total. The molecule has 16 heavy (non-hydrogen) atoms. The summed E-state index contributed by atoms with van der Waals surface area (Å²) < 4.78 is 0.734. The molecule has 1 aromatic rings. The lowest BCUT2D eigenvalue weighted by molar-refractivity contribution is -0.122. The van der Waals surface area contributed by atoms with Gasteiger partial charge in [0.15, 0.2) is 0 Å². The molecule has 2 rings (SSSR count). The van der Waals surface area contributed by atoms with Gasteiger partial charge in [-0.2, -0.15) is 0 Å². The first-order valence-corrected chi connectivity index (χ1v) is 6.62. The van der Waals surface area contributed by atoms with Crippen LogP contribution < -0.4 is 10.6 Å². The molecule has 2 unspecified atom stereocenters. The van der Waals surface area contributed by atoms with E-state index in [0.717, 1.165) is 28.7 Å². The monoisotopic (exact) mass is 258 g/mol. The highest BCUT2D eigenvalue weighted by molar-refractivity contribution is 7.16. The van der Waals surface area contributed by atoms with Crippen LogP contribution in [0.3, 0.4) is 0 Å². The van der Waals surface area contributed by atoms with E-state index in [-0.39, 0.29) is 17.9 Å². The van der Waals surface area contributed by atoms with Crippen LogP contribution in [0, 0.1) is 0 Å². The van der Waals surface area contributed by atoms with Crippen molar-refractivity contribution >= 4 is 28.8 Å². The number of nitrogens with one attached hydrogen (secondary N) is 2. The molecule has 1 aliphatic heterocycles. The van der Waals surface area contributed by atoms with Crippen molar-refractivity contribution in [3.63, 3.8) is 0 Å². The fourth-order valence-corrected chi connectivity index (χ4v) is 2.91. The van der Waals surface area contributed by atoms with Crippen molar-refractivity contribution in [3.8, 4) is 0 Å². The van der Waals surface area contributed by atoms with Crippen molar-refractivity contribution in [1.82, 2.24) is 10.6 Å². The lowest BCUT2D eigenvalue weighted by atomic mass is 10.1. The third-order valence-corrected chi connectivity index (χ3v) is 4.23. The fourth-order valence-electron chi connectivity index (χ4n) is 1.79. The fraction of sp³-hybridized carbons (Fsp3) is 0.545. The largest absolute Gasteiger partial charge is 0.351 e. The van der Waals surface area contributed by atoms with Crippen LogP contribution >= 0.6 is 22.9 Å². The number of hydrogen-bond acceptors (Lipinski definition) is 3. The van der Waals surface area contributed by atoms with E-state index in [1.165, 1.54) is 11.3 Å². The summed E-state index contributed by atoms with van der Waals surface area (Å²) in [5.41, 5.74) is 0. The lowest BCUT2D eigenvalue weighted by Crippen LogP contribution is -2.38. The second kappa shape index (κ2) is 5.17. The summed E-state index contributed by atoms with van der Waals surface area (Å²) in [7, 11) is 0. The summed E-state index contributed by atoms with van der Waals surface area (Å²) in [6.07, 6.45) is 1.02. The van der Waals surface area contributed by atoms with Gasteiger partial charge in [0.05, 0.1) is 10.3 Å². The van der Waals surface area contributed by atoms with Gasteiger partial charge >= 0.3 is 0 Å². The molecule has 1 aliphatic rings. The molecule has 1 aromatic heterocycles. The third kappa shape index (κ3) is 2.75. The second-order valence-corrected chi connectivity index (χ2v) is 5.81. The van der Waals surface area contributed by atoms with E-state index in [4.69, 9.17) is 11.6 Å². The van der Waals surface area contributed by atoms with Crippen molar-refractivity contribution < 1.29 is 4.79 Å². The van der Waals surface area contributed by atoms with E-state index in [0.29, 0.717) is 0 Å². The topological polar surface area (TPSA) is 41.1 Å². The van der Waals surface area contributed by atoms with E-state index in [9.17, 15) is 4.79 Å². The van der Waals surface area contributed by atoms with Gasteiger partial charge in [-0.15, -0.1) is 11.3 Å². The maximum absolute atomic E-state index is 11.9. The van der Waals surface area contributed by atoms with E-state index in [1.54, 1.807) is 0 Å². The molecule has 0 radical (unpaired) electrons. The predicted octanol–water partition coefficient (Wildman–Crippen LogP) is 1.98. The first-order chi connectivity index (χ1) is 7.66. The third-order valence-electron chi connectivity index (χ3n) is 2.82. The van der Waals surface area contributed by atoms with Crippen LogP contribution in [0.5, 0.6) is 0 Å². The molecule has 1 saturated heterocycles. The van der Waals surface area contributed by atoms with Crippen LogP contribution in [-0.2, 0) is 4.79 Å². The average molecular weight is 259 g/mol. The van der Waals surface area contributed by atoms with Crippen molar-refractivity contribution in [2.24, 2.45) is 0 Å². The van der Waals surface area contributed by atoms with Gasteiger partial charge in [-0.05, 0) is 32.0 Å². The molecule has 5 heteroatoms. The number of rotatable bonds is 3. The Bertz CT molecular complexity index is 374. The maximum atomic E-state index is 11.9. The highest BCUT2D eigenvalue weighted by Gasteiger charge is 2.22. The molecular formula is C11H15ClN2OS. The Labute approximate surface area is 104 Å². The summed E-state index contributed by atoms with van der Waals surface area (Å²) in [6.45, 7) is 3.79. The van der Waals surface area contributed by atoms with Gasteiger partial charge < -0.3 is 10.6 Å². The van der Waals surface area contributed by atoms with E-state index in [2.05, 4.69) is 10.6 Å².